The largest absolute Gasteiger partial charge is 0.387 e. The number of hydrogen-bond acceptors (Lipinski definition) is 5. The molecule has 2 fully saturated rings. The lowest BCUT2D eigenvalue weighted by Gasteiger charge is -2.45. The highest BCUT2D eigenvalue weighted by molar-refractivity contribution is 7.89. The lowest BCUT2D eigenvalue weighted by atomic mass is 9.91. The minimum atomic E-state index is -3.99. The third kappa shape index (κ3) is 2.07. The molecule has 0 amide bonds. The fourth-order valence-electron chi connectivity index (χ4n) is 2.70. The molecular weight excluding hydrogens is 298 g/mol. The Morgan fingerprint density at radius 3 is 2.33 bits per heavy atom. The predicted molar refractivity (Wildman–Crippen MR) is 73.4 cm³/mol. The average molecular weight is 315 g/mol. The quantitative estimate of drug-likeness (QED) is 0.711. The molecule has 1 aliphatic heterocycles. The first kappa shape index (κ1) is 14.5. The number of aryl methyl sites for hydroxylation is 1. The van der Waals surface area contributed by atoms with Gasteiger partial charge in [0.1, 0.15) is 0 Å². The summed E-state index contributed by atoms with van der Waals surface area (Å²) in [6.07, 6.45) is 2.85. The summed E-state index contributed by atoms with van der Waals surface area (Å²) in [4.78, 5) is 23.2. The molecule has 8 nitrogen and oxygen atoms in total. The maximum atomic E-state index is 12.5. The Bertz CT molecular complexity index is 812. The zero-order valence-corrected chi connectivity index (χ0v) is 12.6. The second kappa shape index (κ2) is 4.28. The maximum Gasteiger partial charge on any atom is 0.330 e. The SMILES string of the molecule is Cn1cc(S(=O)(=O)N2CC(O)(C3CC3)C2)c(=O)n(C)c1=O. The first-order valence-corrected chi connectivity index (χ1v) is 8.10. The summed E-state index contributed by atoms with van der Waals surface area (Å²) >= 11 is 0. The van der Waals surface area contributed by atoms with Gasteiger partial charge in [0.15, 0.2) is 4.90 Å². The van der Waals surface area contributed by atoms with Crippen LogP contribution in [0.5, 0.6) is 0 Å². The summed E-state index contributed by atoms with van der Waals surface area (Å²) in [7, 11) is -1.37. The van der Waals surface area contributed by atoms with Crippen molar-refractivity contribution in [2.24, 2.45) is 20.0 Å². The van der Waals surface area contributed by atoms with Crippen LogP contribution in [0.2, 0.25) is 0 Å². The Hall–Kier alpha value is -1.45. The van der Waals surface area contributed by atoms with Crippen molar-refractivity contribution in [3.8, 4) is 0 Å². The molecule has 1 aromatic rings. The van der Waals surface area contributed by atoms with Crippen molar-refractivity contribution in [2.75, 3.05) is 13.1 Å². The summed E-state index contributed by atoms with van der Waals surface area (Å²) in [6, 6.07) is 0. The van der Waals surface area contributed by atoms with Crippen molar-refractivity contribution in [1.82, 2.24) is 13.4 Å². The van der Waals surface area contributed by atoms with E-state index in [0.717, 1.165) is 32.5 Å². The molecule has 1 saturated heterocycles. The number of aromatic nitrogens is 2. The smallest absolute Gasteiger partial charge is 0.330 e. The van der Waals surface area contributed by atoms with E-state index in [1.807, 2.05) is 0 Å². The lowest BCUT2D eigenvalue weighted by molar-refractivity contribution is -0.0765. The molecule has 0 aromatic carbocycles. The Morgan fingerprint density at radius 2 is 1.81 bits per heavy atom. The van der Waals surface area contributed by atoms with E-state index in [1.165, 1.54) is 14.1 Å². The van der Waals surface area contributed by atoms with E-state index in [2.05, 4.69) is 0 Å². The summed E-state index contributed by atoms with van der Waals surface area (Å²) < 4.78 is 27.8. The zero-order chi connectivity index (χ0) is 15.6. The molecular formula is C12H17N3O5S. The van der Waals surface area contributed by atoms with Crippen LogP contribution in [0.15, 0.2) is 20.7 Å². The van der Waals surface area contributed by atoms with Gasteiger partial charge in [-0.25, -0.2) is 13.2 Å². The molecule has 1 saturated carbocycles. The van der Waals surface area contributed by atoms with Crippen LogP contribution in [0.4, 0.5) is 0 Å². The van der Waals surface area contributed by atoms with Crippen molar-refractivity contribution in [3.63, 3.8) is 0 Å². The van der Waals surface area contributed by atoms with Crippen LogP contribution in [0, 0.1) is 5.92 Å². The van der Waals surface area contributed by atoms with Crippen LogP contribution < -0.4 is 11.2 Å². The van der Waals surface area contributed by atoms with E-state index in [1.54, 1.807) is 0 Å². The van der Waals surface area contributed by atoms with Gasteiger partial charge in [0.25, 0.3) is 5.56 Å². The van der Waals surface area contributed by atoms with Crippen LogP contribution in [-0.4, -0.2) is 45.7 Å². The second-order valence-electron chi connectivity index (χ2n) is 5.90. The molecule has 1 N–H and O–H groups in total. The van der Waals surface area contributed by atoms with Gasteiger partial charge in [-0.05, 0) is 18.8 Å². The van der Waals surface area contributed by atoms with E-state index in [4.69, 9.17) is 0 Å². The third-order valence-corrected chi connectivity index (χ3v) is 6.04. The fraction of sp³-hybridized carbons (Fsp3) is 0.667. The number of hydrogen-bond donors (Lipinski definition) is 1. The van der Waals surface area contributed by atoms with Gasteiger partial charge in [-0.1, -0.05) is 0 Å². The van der Waals surface area contributed by atoms with Crippen LogP contribution in [0.1, 0.15) is 12.8 Å². The normalized spacial score (nSPS) is 22.0. The third-order valence-electron chi connectivity index (χ3n) is 4.27. The van der Waals surface area contributed by atoms with Crippen molar-refractivity contribution in [1.29, 1.82) is 0 Å². The predicted octanol–water partition coefficient (Wildman–Crippen LogP) is -1.77. The highest BCUT2D eigenvalue weighted by atomic mass is 32.2. The van der Waals surface area contributed by atoms with Gasteiger partial charge < -0.3 is 9.67 Å². The van der Waals surface area contributed by atoms with Crippen LogP contribution in [-0.2, 0) is 24.1 Å². The average Bonchev–Trinajstić information content (AvgIpc) is 3.21. The van der Waals surface area contributed by atoms with E-state index in [0.29, 0.717) is 0 Å². The van der Waals surface area contributed by atoms with E-state index >= 15 is 0 Å². The first-order chi connectivity index (χ1) is 9.67. The molecule has 1 aromatic heterocycles. The highest BCUT2D eigenvalue weighted by Crippen LogP contribution is 2.45. The summed E-state index contributed by atoms with van der Waals surface area (Å²) in [6.45, 7) is 0.0119. The molecule has 0 radical (unpaired) electrons. The number of nitrogens with zero attached hydrogens (tertiary/aromatic N) is 3. The summed E-state index contributed by atoms with van der Waals surface area (Å²) in [5.74, 6) is 0.159. The Labute approximate surface area is 121 Å². The Morgan fingerprint density at radius 1 is 1.24 bits per heavy atom. The van der Waals surface area contributed by atoms with Crippen LogP contribution >= 0.6 is 0 Å². The minimum absolute atomic E-state index is 0.00595. The summed E-state index contributed by atoms with van der Waals surface area (Å²) in [5, 5.41) is 10.2. The Kier molecular flexibility index (Phi) is 2.95. The molecule has 21 heavy (non-hydrogen) atoms. The van der Waals surface area contributed by atoms with Crippen molar-refractivity contribution >= 4 is 10.0 Å². The maximum absolute atomic E-state index is 12.5. The molecule has 0 spiro atoms. The van der Waals surface area contributed by atoms with Gasteiger partial charge in [0.2, 0.25) is 10.0 Å². The van der Waals surface area contributed by atoms with E-state index in [9.17, 15) is 23.1 Å². The molecule has 3 rings (SSSR count). The molecule has 2 aliphatic rings. The first-order valence-electron chi connectivity index (χ1n) is 6.66. The number of aliphatic hydroxyl groups is 1. The monoisotopic (exact) mass is 315 g/mol. The molecule has 0 bridgehead atoms. The van der Waals surface area contributed by atoms with Gasteiger partial charge in [-0.3, -0.25) is 9.36 Å². The van der Waals surface area contributed by atoms with Crippen LogP contribution in [0.25, 0.3) is 0 Å². The number of rotatable bonds is 3. The molecule has 2 heterocycles. The van der Waals surface area contributed by atoms with Gasteiger partial charge in [0.05, 0.1) is 5.60 Å². The van der Waals surface area contributed by atoms with E-state index in [-0.39, 0.29) is 19.0 Å². The zero-order valence-electron chi connectivity index (χ0n) is 11.8. The van der Waals surface area contributed by atoms with Gasteiger partial charge >= 0.3 is 5.69 Å². The van der Waals surface area contributed by atoms with Gasteiger partial charge in [-0.15, -0.1) is 0 Å². The molecule has 116 valence electrons. The topological polar surface area (TPSA) is 102 Å². The van der Waals surface area contributed by atoms with Crippen molar-refractivity contribution < 1.29 is 13.5 Å². The highest BCUT2D eigenvalue weighted by Gasteiger charge is 2.55. The number of β-amino-alcohol motifs (C(OH)–C–C–N with tert-alkyl or cyclic N) is 1. The molecule has 0 atom stereocenters. The van der Waals surface area contributed by atoms with Gasteiger partial charge in [0, 0.05) is 33.4 Å². The number of sulfonamides is 1. The minimum Gasteiger partial charge on any atom is -0.387 e. The standard InChI is InChI=1S/C12H17N3O5S/c1-13-5-9(10(16)14(2)11(13)17)21(19,20)15-6-12(18,7-15)8-3-4-8/h5,8,18H,3-4,6-7H2,1-2H3. The van der Waals surface area contributed by atoms with Gasteiger partial charge in [-0.2, -0.15) is 4.31 Å². The van der Waals surface area contributed by atoms with Crippen molar-refractivity contribution in [2.45, 2.75) is 23.3 Å². The molecule has 0 unspecified atom stereocenters. The van der Waals surface area contributed by atoms with Crippen molar-refractivity contribution in [3.05, 3.63) is 27.0 Å². The second-order valence-corrected chi connectivity index (χ2v) is 7.81. The Balaban J connectivity index is 1.97. The summed E-state index contributed by atoms with van der Waals surface area (Å²) in [5.41, 5.74) is -2.39. The molecule has 9 heteroatoms. The molecule has 1 aliphatic carbocycles. The fourth-order valence-corrected chi connectivity index (χ4v) is 4.42. The lowest BCUT2D eigenvalue weighted by Crippen LogP contribution is -2.65. The van der Waals surface area contributed by atoms with E-state index < -0.39 is 31.8 Å². The van der Waals surface area contributed by atoms with Crippen LogP contribution in [0.3, 0.4) is 0 Å².